The van der Waals surface area contributed by atoms with Gasteiger partial charge >= 0.3 is 0 Å². The van der Waals surface area contributed by atoms with Crippen molar-refractivity contribution in [3.05, 3.63) is 52.2 Å². The van der Waals surface area contributed by atoms with E-state index in [9.17, 15) is 5.26 Å². The summed E-state index contributed by atoms with van der Waals surface area (Å²) in [5.74, 6) is 0.721. The summed E-state index contributed by atoms with van der Waals surface area (Å²) < 4.78 is 0. The molecule has 0 fully saturated rings. The van der Waals surface area contributed by atoms with Gasteiger partial charge in [0, 0.05) is 12.1 Å². The Balaban J connectivity index is 2.24. The molecule has 0 amide bonds. The van der Waals surface area contributed by atoms with E-state index >= 15 is 0 Å². The molecule has 144 valence electrons. The van der Waals surface area contributed by atoms with Crippen LogP contribution in [0.2, 0.25) is 0 Å². The molecule has 2 nitrogen and oxygen atoms in total. The molecule has 2 rings (SSSR count). The first-order valence-electron chi connectivity index (χ1n) is 10.6. The van der Waals surface area contributed by atoms with Crippen LogP contribution in [0.25, 0.3) is 6.08 Å². The van der Waals surface area contributed by atoms with Crippen LogP contribution < -0.4 is 0 Å². The summed E-state index contributed by atoms with van der Waals surface area (Å²) in [6.07, 6.45) is 12.9. The predicted octanol–water partition coefficient (Wildman–Crippen LogP) is 7.05. The van der Waals surface area contributed by atoms with E-state index < -0.39 is 0 Å². The lowest BCUT2D eigenvalue weighted by Crippen LogP contribution is -2.00. The monoisotopic (exact) mass is 362 g/mol. The van der Waals surface area contributed by atoms with E-state index in [1.54, 1.807) is 0 Å². The number of hydrogen-bond donors (Lipinski definition) is 0. The third-order valence-corrected chi connectivity index (χ3v) is 5.08. The molecule has 1 aromatic carbocycles. The van der Waals surface area contributed by atoms with Crippen LogP contribution in [0.15, 0.2) is 40.5 Å². The maximum absolute atomic E-state index is 9.65. The first-order valence-corrected chi connectivity index (χ1v) is 10.6. The summed E-state index contributed by atoms with van der Waals surface area (Å²) in [6.45, 7) is 8.97. The molecule has 1 aliphatic rings. The van der Waals surface area contributed by atoms with Gasteiger partial charge in [-0.25, -0.2) is 0 Å². The van der Waals surface area contributed by atoms with Crippen LogP contribution in [0.4, 0.5) is 0 Å². The highest BCUT2D eigenvalue weighted by Crippen LogP contribution is 2.23. The lowest BCUT2D eigenvalue weighted by molar-refractivity contribution is 0.584. The first-order chi connectivity index (χ1) is 13.1. The van der Waals surface area contributed by atoms with Gasteiger partial charge in [-0.15, -0.1) is 0 Å². The predicted molar refractivity (Wildman–Crippen MR) is 117 cm³/mol. The van der Waals surface area contributed by atoms with Gasteiger partial charge in [-0.1, -0.05) is 64.8 Å². The smallest absolute Gasteiger partial charge is 0.101 e. The minimum atomic E-state index is 0.703. The van der Waals surface area contributed by atoms with Gasteiger partial charge in [0.25, 0.3) is 0 Å². The molecular weight excluding hydrogens is 328 g/mol. The summed E-state index contributed by atoms with van der Waals surface area (Å²) in [5.41, 5.74) is 6.78. The summed E-state index contributed by atoms with van der Waals surface area (Å²) in [5, 5.41) is 9.65. The molecule has 0 saturated heterocycles. The Morgan fingerprint density at radius 1 is 1.15 bits per heavy atom. The van der Waals surface area contributed by atoms with Gasteiger partial charge in [-0.05, 0) is 60.8 Å². The van der Waals surface area contributed by atoms with Gasteiger partial charge < -0.3 is 0 Å². The highest BCUT2D eigenvalue weighted by Gasteiger charge is 2.13. The van der Waals surface area contributed by atoms with E-state index in [2.05, 4.69) is 63.0 Å². The molecule has 0 aliphatic carbocycles. The van der Waals surface area contributed by atoms with Crippen molar-refractivity contribution in [3.63, 3.8) is 0 Å². The van der Waals surface area contributed by atoms with Crippen molar-refractivity contribution in [3.8, 4) is 6.07 Å². The zero-order chi connectivity index (χ0) is 19.6. The number of allylic oxidation sites excluding steroid dienone is 3. The molecule has 1 aliphatic heterocycles. The van der Waals surface area contributed by atoms with Crippen LogP contribution in [0.1, 0.15) is 82.9 Å². The van der Waals surface area contributed by atoms with Crippen molar-refractivity contribution in [2.24, 2.45) is 10.9 Å². The minimum Gasteiger partial charge on any atom is -0.256 e. The van der Waals surface area contributed by atoms with Crippen molar-refractivity contribution in [2.75, 3.05) is 0 Å². The minimum absolute atomic E-state index is 0.703. The lowest BCUT2D eigenvalue weighted by atomic mass is 9.93. The normalized spacial score (nSPS) is 14.3. The molecule has 0 N–H and O–H groups in total. The second-order valence-electron chi connectivity index (χ2n) is 7.94. The Hall–Kier alpha value is -2.14. The fraction of sp³-hybridized carbons (Fsp3) is 0.520. The highest BCUT2D eigenvalue weighted by atomic mass is 14.8. The molecule has 0 aromatic heterocycles. The van der Waals surface area contributed by atoms with Gasteiger partial charge in [0.05, 0.1) is 11.3 Å². The molecule has 0 saturated carbocycles. The zero-order valence-corrected chi connectivity index (χ0v) is 17.5. The average molecular weight is 363 g/mol. The maximum atomic E-state index is 9.65. The molecule has 0 atom stereocenters. The van der Waals surface area contributed by atoms with E-state index in [4.69, 9.17) is 0 Å². The second kappa shape index (κ2) is 10.9. The van der Waals surface area contributed by atoms with Crippen molar-refractivity contribution in [1.29, 1.82) is 5.26 Å². The average Bonchev–Trinajstić information content (AvgIpc) is 3.12. The van der Waals surface area contributed by atoms with Crippen LogP contribution >= 0.6 is 0 Å². The van der Waals surface area contributed by atoms with Crippen molar-refractivity contribution in [1.82, 2.24) is 0 Å². The summed E-state index contributed by atoms with van der Waals surface area (Å²) in [7, 11) is 0. The number of nitrogens with zero attached hydrogens (tertiary/aromatic N) is 2. The van der Waals surface area contributed by atoms with Gasteiger partial charge in [0.1, 0.15) is 6.07 Å². The molecular formula is C25H34N2. The zero-order valence-electron chi connectivity index (χ0n) is 17.5. The van der Waals surface area contributed by atoms with Gasteiger partial charge in [0.2, 0.25) is 0 Å². The SMILES string of the molecule is CCCCc1cc(/C=C(\C#N)C2=NC(CCC)=CC2)ccc1CCC(C)C. The fourth-order valence-electron chi connectivity index (χ4n) is 3.43. The molecule has 1 aromatic rings. The van der Waals surface area contributed by atoms with E-state index in [0.29, 0.717) is 5.57 Å². The van der Waals surface area contributed by atoms with Crippen LogP contribution in [0.5, 0.6) is 0 Å². The van der Waals surface area contributed by atoms with Crippen molar-refractivity contribution in [2.45, 2.75) is 79.1 Å². The van der Waals surface area contributed by atoms with Crippen LogP contribution in [-0.4, -0.2) is 5.71 Å². The van der Waals surface area contributed by atoms with Gasteiger partial charge in [0.15, 0.2) is 0 Å². The number of benzene rings is 1. The summed E-state index contributed by atoms with van der Waals surface area (Å²) in [4.78, 5) is 4.67. The van der Waals surface area contributed by atoms with Crippen molar-refractivity contribution < 1.29 is 0 Å². The van der Waals surface area contributed by atoms with E-state index in [0.717, 1.165) is 55.0 Å². The van der Waals surface area contributed by atoms with E-state index in [1.807, 2.05) is 6.08 Å². The fourth-order valence-corrected chi connectivity index (χ4v) is 3.43. The Labute approximate surface area is 165 Å². The number of hydrogen-bond acceptors (Lipinski definition) is 2. The van der Waals surface area contributed by atoms with E-state index in [-0.39, 0.29) is 0 Å². The molecule has 1 heterocycles. The Morgan fingerprint density at radius 3 is 2.63 bits per heavy atom. The number of aliphatic imine (C=N–C) groups is 1. The largest absolute Gasteiger partial charge is 0.256 e. The number of aryl methyl sites for hydroxylation is 2. The second-order valence-corrected chi connectivity index (χ2v) is 7.94. The van der Waals surface area contributed by atoms with Crippen LogP contribution in [0.3, 0.4) is 0 Å². The molecule has 27 heavy (non-hydrogen) atoms. The summed E-state index contributed by atoms with van der Waals surface area (Å²) in [6, 6.07) is 9.09. The molecule has 0 radical (unpaired) electrons. The molecule has 0 bridgehead atoms. The van der Waals surface area contributed by atoms with E-state index in [1.165, 1.54) is 30.4 Å². The summed E-state index contributed by atoms with van der Waals surface area (Å²) >= 11 is 0. The Morgan fingerprint density at radius 2 is 1.96 bits per heavy atom. The van der Waals surface area contributed by atoms with Gasteiger partial charge in [-0.3, -0.25) is 4.99 Å². The van der Waals surface area contributed by atoms with Crippen molar-refractivity contribution >= 4 is 11.8 Å². The third-order valence-electron chi connectivity index (χ3n) is 5.08. The van der Waals surface area contributed by atoms with Crippen LogP contribution in [-0.2, 0) is 12.8 Å². The number of nitriles is 1. The molecule has 2 heteroatoms. The Kier molecular flexibility index (Phi) is 8.52. The Bertz CT molecular complexity index is 757. The lowest BCUT2D eigenvalue weighted by Gasteiger charge is -2.12. The first kappa shape index (κ1) is 21.2. The topological polar surface area (TPSA) is 36.1 Å². The highest BCUT2D eigenvalue weighted by molar-refractivity contribution is 6.09. The standard InChI is InChI=1S/C25H34N2/c1-5-7-9-22-16-20(11-13-21(22)12-10-19(3)4)17-23(18-26)25-15-14-24(27-25)8-6-2/h11,13-14,16-17,19H,5-10,12,15H2,1-4H3/b23-17+. The molecule has 0 spiro atoms. The third kappa shape index (κ3) is 6.51. The number of rotatable bonds is 10. The van der Waals surface area contributed by atoms with Crippen LogP contribution in [0, 0.1) is 17.2 Å². The number of unbranched alkanes of at least 4 members (excludes halogenated alkanes) is 1. The quantitative estimate of drug-likeness (QED) is 0.411. The molecule has 0 unspecified atom stereocenters. The maximum Gasteiger partial charge on any atom is 0.101 e. The van der Waals surface area contributed by atoms with Gasteiger partial charge in [-0.2, -0.15) is 5.26 Å².